The molecule has 0 heterocycles. The monoisotopic (exact) mass is 301 g/mol. The van der Waals surface area contributed by atoms with E-state index in [1.165, 1.54) is 16.7 Å². The number of halogens is 1. The molecule has 21 heavy (non-hydrogen) atoms. The van der Waals surface area contributed by atoms with Gasteiger partial charge in [-0.1, -0.05) is 68.8 Å². The molecule has 1 atom stereocenters. The Morgan fingerprint density at radius 1 is 1.05 bits per heavy atom. The zero-order valence-electron chi connectivity index (χ0n) is 13.3. The highest BCUT2D eigenvalue weighted by molar-refractivity contribution is 6.30. The van der Waals surface area contributed by atoms with E-state index in [1.54, 1.807) is 0 Å². The number of hydrogen-bond acceptors (Lipinski definition) is 1. The summed E-state index contributed by atoms with van der Waals surface area (Å²) in [4.78, 5) is 0. The maximum Gasteiger partial charge on any atom is 0.0409 e. The van der Waals surface area contributed by atoms with Gasteiger partial charge >= 0.3 is 0 Å². The van der Waals surface area contributed by atoms with Crippen LogP contribution in [-0.4, -0.2) is 0 Å². The lowest BCUT2D eigenvalue weighted by Gasteiger charge is -2.19. The van der Waals surface area contributed by atoms with Crippen LogP contribution in [0.4, 0.5) is 0 Å². The molecule has 0 radical (unpaired) electrons. The van der Waals surface area contributed by atoms with Gasteiger partial charge in [-0.15, -0.1) is 0 Å². The highest BCUT2D eigenvalue weighted by atomic mass is 35.5. The van der Waals surface area contributed by atoms with Crippen molar-refractivity contribution >= 4 is 11.6 Å². The summed E-state index contributed by atoms with van der Waals surface area (Å²) in [5.74, 6) is 0. The lowest BCUT2D eigenvalue weighted by Crippen LogP contribution is -2.18. The van der Waals surface area contributed by atoms with Crippen molar-refractivity contribution in [2.24, 2.45) is 0 Å². The third kappa shape index (κ3) is 4.59. The van der Waals surface area contributed by atoms with Crippen LogP contribution in [0.25, 0.3) is 0 Å². The summed E-state index contributed by atoms with van der Waals surface area (Å²) in [7, 11) is 0. The Bertz CT molecular complexity index is 581. The molecule has 112 valence electrons. The average molecular weight is 302 g/mol. The first-order valence-corrected chi connectivity index (χ1v) is 7.82. The molecule has 0 amide bonds. The molecule has 2 aromatic rings. The quantitative estimate of drug-likeness (QED) is 0.787. The Morgan fingerprint density at radius 2 is 1.71 bits per heavy atom. The Morgan fingerprint density at radius 3 is 2.29 bits per heavy atom. The van der Waals surface area contributed by atoms with Crippen LogP contribution in [0.2, 0.25) is 5.02 Å². The number of rotatable bonds is 4. The third-order valence-corrected chi connectivity index (χ3v) is 4.02. The summed E-state index contributed by atoms with van der Waals surface area (Å²) < 4.78 is 0. The Hall–Kier alpha value is -1.31. The molecule has 0 spiro atoms. The first-order valence-electron chi connectivity index (χ1n) is 7.44. The lowest BCUT2D eigenvalue weighted by molar-refractivity contribution is 0.572. The first-order chi connectivity index (χ1) is 9.86. The van der Waals surface area contributed by atoms with Crippen molar-refractivity contribution in [3.05, 3.63) is 70.2 Å². The van der Waals surface area contributed by atoms with E-state index in [-0.39, 0.29) is 11.5 Å². The van der Waals surface area contributed by atoms with E-state index in [2.05, 4.69) is 63.3 Å². The topological polar surface area (TPSA) is 12.0 Å². The minimum Gasteiger partial charge on any atom is -0.306 e. The van der Waals surface area contributed by atoms with Crippen LogP contribution in [-0.2, 0) is 12.0 Å². The molecular weight excluding hydrogens is 278 g/mol. The van der Waals surface area contributed by atoms with Crippen molar-refractivity contribution in [2.75, 3.05) is 0 Å². The maximum atomic E-state index is 6.04. The Labute approximate surface area is 133 Å². The number of hydrogen-bond donors (Lipinski definition) is 1. The second-order valence-electron chi connectivity index (χ2n) is 6.60. The molecule has 0 aliphatic rings. The van der Waals surface area contributed by atoms with Crippen LogP contribution in [0, 0.1) is 0 Å². The van der Waals surface area contributed by atoms with Crippen LogP contribution >= 0.6 is 11.6 Å². The van der Waals surface area contributed by atoms with Crippen molar-refractivity contribution in [1.29, 1.82) is 0 Å². The summed E-state index contributed by atoms with van der Waals surface area (Å²) in [5, 5.41) is 4.33. The van der Waals surface area contributed by atoms with Gasteiger partial charge in [-0.3, -0.25) is 0 Å². The molecule has 0 saturated carbocycles. The predicted molar refractivity (Wildman–Crippen MR) is 91.8 cm³/mol. The summed E-state index contributed by atoms with van der Waals surface area (Å²) >= 11 is 6.04. The maximum absolute atomic E-state index is 6.04. The van der Waals surface area contributed by atoms with E-state index in [9.17, 15) is 0 Å². The smallest absolute Gasteiger partial charge is 0.0409 e. The third-order valence-electron chi connectivity index (χ3n) is 3.78. The largest absolute Gasteiger partial charge is 0.306 e. The molecule has 0 saturated heterocycles. The highest BCUT2D eigenvalue weighted by Crippen LogP contribution is 2.22. The van der Waals surface area contributed by atoms with Gasteiger partial charge in [-0.2, -0.15) is 0 Å². The van der Waals surface area contributed by atoms with Crippen molar-refractivity contribution < 1.29 is 0 Å². The van der Waals surface area contributed by atoms with Crippen LogP contribution in [0.1, 0.15) is 50.4 Å². The van der Waals surface area contributed by atoms with Gasteiger partial charge in [-0.05, 0) is 41.2 Å². The zero-order chi connectivity index (χ0) is 15.5. The standard InChI is InChI=1S/C19H24ClN/c1-14(16-6-5-7-18(20)12-16)21-13-15-8-10-17(11-9-15)19(2,3)4/h5-12,14,21H,13H2,1-4H3/t14-/m0/s1. The highest BCUT2D eigenvalue weighted by Gasteiger charge is 2.13. The van der Waals surface area contributed by atoms with Crippen LogP contribution < -0.4 is 5.32 Å². The second kappa shape index (κ2) is 6.64. The molecule has 2 rings (SSSR count). The molecule has 1 nitrogen and oxygen atoms in total. The molecule has 0 aliphatic carbocycles. The molecule has 0 unspecified atom stereocenters. The fraction of sp³-hybridized carbons (Fsp3) is 0.368. The van der Waals surface area contributed by atoms with Gasteiger partial charge in [0.15, 0.2) is 0 Å². The molecule has 0 bridgehead atoms. The van der Waals surface area contributed by atoms with Crippen molar-refractivity contribution in [3.8, 4) is 0 Å². The van der Waals surface area contributed by atoms with E-state index in [0.717, 1.165) is 11.6 Å². The van der Waals surface area contributed by atoms with Gasteiger partial charge in [0.2, 0.25) is 0 Å². The van der Waals surface area contributed by atoms with Gasteiger partial charge in [0, 0.05) is 17.6 Å². The minimum atomic E-state index is 0.208. The van der Waals surface area contributed by atoms with Crippen molar-refractivity contribution in [1.82, 2.24) is 5.32 Å². The van der Waals surface area contributed by atoms with Gasteiger partial charge in [0.05, 0.1) is 0 Å². The number of benzene rings is 2. The Balaban J connectivity index is 1.97. The van der Waals surface area contributed by atoms with Crippen LogP contribution in [0.5, 0.6) is 0 Å². The normalized spacial score (nSPS) is 13.2. The van der Waals surface area contributed by atoms with Gasteiger partial charge in [0.1, 0.15) is 0 Å². The molecule has 2 heteroatoms. The predicted octanol–water partition coefficient (Wildman–Crippen LogP) is 5.49. The summed E-state index contributed by atoms with van der Waals surface area (Å²) in [6.45, 7) is 9.73. The van der Waals surface area contributed by atoms with E-state index in [4.69, 9.17) is 11.6 Å². The first kappa shape index (κ1) is 16.1. The zero-order valence-corrected chi connectivity index (χ0v) is 14.0. The fourth-order valence-electron chi connectivity index (χ4n) is 2.29. The molecule has 1 N–H and O–H groups in total. The average Bonchev–Trinajstić information content (AvgIpc) is 2.44. The van der Waals surface area contributed by atoms with Crippen molar-refractivity contribution in [2.45, 2.75) is 45.7 Å². The van der Waals surface area contributed by atoms with Gasteiger partial charge in [-0.25, -0.2) is 0 Å². The van der Waals surface area contributed by atoms with Gasteiger partial charge in [0.25, 0.3) is 0 Å². The number of nitrogens with one attached hydrogen (secondary N) is 1. The lowest BCUT2D eigenvalue weighted by atomic mass is 9.87. The van der Waals surface area contributed by atoms with Crippen LogP contribution in [0.3, 0.4) is 0 Å². The minimum absolute atomic E-state index is 0.208. The molecule has 0 aromatic heterocycles. The van der Waals surface area contributed by atoms with Crippen molar-refractivity contribution in [3.63, 3.8) is 0 Å². The summed E-state index contributed by atoms with van der Waals surface area (Å²) in [6, 6.07) is 17.2. The molecule has 0 aliphatic heterocycles. The van der Waals surface area contributed by atoms with E-state index < -0.39 is 0 Å². The summed E-state index contributed by atoms with van der Waals surface area (Å²) in [5.41, 5.74) is 4.10. The fourth-order valence-corrected chi connectivity index (χ4v) is 2.49. The van der Waals surface area contributed by atoms with E-state index in [0.29, 0.717) is 0 Å². The molecule has 2 aromatic carbocycles. The van der Waals surface area contributed by atoms with E-state index >= 15 is 0 Å². The molecule has 0 fully saturated rings. The summed E-state index contributed by atoms with van der Waals surface area (Å²) in [6.07, 6.45) is 0. The second-order valence-corrected chi connectivity index (χ2v) is 7.04. The Kier molecular flexibility index (Phi) is 5.08. The SMILES string of the molecule is C[C@H](NCc1ccc(C(C)(C)C)cc1)c1cccc(Cl)c1. The van der Waals surface area contributed by atoms with E-state index in [1.807, 2.05) is 18.2 Å². The molecular formula is C19H24ClN. The van der Waals surface area contributed by atoms with Gasteiger partial charge < -0.3 is 5.32 Å². The van der Waals surface area contributed by atoms with Crippen LogP contribution in [0.15, 0.2) is 48.5 Å².